The third-order valence-corrected chi connectivity index (χ3v) is 7.08. The van der Waals surface area contributed by atoms with Crippen molar-refractivity contribution in [1.82, 2.24) is 19.7 Å². The molecule has 1 aromatic heterocycles. The second-order valence-corrected chi connectivity index (χ2v) is 9.67. The Balaban J connectivity index is 1.42. The molecule has 0 radical (unpaired) electrons. The molecule has 1 fully saturated rings. The number of carbonyl (C=O) groups is 2. The fraction of sp³-hybridized carbons (Fsp3) is 0.304. The fourth-order valence-corrected chi connectivity index (χ4v) is 4.96. The largest absolute Gasteiger partial charge is 0.328 e. The van der Waals surface area contributed by atoms with Crippen molar-refractivity contribution in [1.29, 1.82) is 0 Å². The molecule has 4 rings (SSSR count). The number of carbonyl (C=O) groups excluding carboxylic acids is 2. The molecule has 172 valence electrons. The van der Waals surface area contributed by atoms with Crippen LogP contribution in [0.3, 0.4) is 0 Å². The molecule has 0 bridgehead atoms. The Morgan fingerprint density at radius 3 is 2.64 bits per heavy atom. The van der Waals surface area contributed by atoms with Crippen LogP contribution >= 0.6 is 35.0 Å². The van der Waals surface area contributed by atoms with Gasteiger partial charge in [-0.25, -0.2) is 0 Å². The van der Waals surface area contributed by atoms with Crippen LogP contribution in [0.4, 0.5) is 5.69 Å². The summed E-state index contributed by atoms with van der Waals surface area (Å²) in [7, 11) is 1.86. The molecular weight excluding hydrogens is 481 g/mol. The average molecular weight is 504 g/mol. The van der Waals surface area contributed by atoms with E-state index in [1.54, 1.807) is 18.2 Å². The number of aryl methyl sites for hydroxylation is 1. The maximum atomic E-state index is 13.1. The second-order valence-electron chi connectivity index (χ2n) is 7.88. The summed E-state index contributed by atoms with van der Waals surface area (Å²) in [6, 6.07) is 12.4. The van der Waals surface area contributed by atoms with E-state index in [1.165, 1.54) is 11.8 Å². The third-order valence-electron chi connectivity index (χ3n) is 5.52. The molecule has 0 saturated carbocycles. The minimum atomic E-state index is -0.217. The van der Waals surface area contributed by atoms with E-state index < -0.39 is 0 Å². The SMILES string of the molecule is Cc1ccc(C(=O)N2CCCC2c2nnc(SCC(=O)Nc3ccc(Cl)cc3Cl)n2C)cc1. The van der Waals surface area contributed by atoms with Crippen LogP contribution in [0.5, 0.6) is 0 Å². The molecule has 1 saturated heterocycles. The van der Waals surface area contributed by atoms with Gasteiger partial charge in [0.1, 0.15) is 0 Å². The highest BCUT2D eigenvalue weighted by Crippen LogP contribution is 2.33. The Morgan fingerprint density at radius 2 is 1.91 bits per heavy atom. The van der Waals surface area contributed by atoms with Crippen molar-refractivity contribution >= 4 is 52.5 Å². The molecule has 2 aromatic carbocycles. The maximum Gasteiger partial charge on any atom is 0.254 e. The van der Waals surface area contributed by atoms with Crippen molar-refractivity contribution in [2.24, 2.45) is 7.05 Å². The highest BCUT2D eigenvalue weighted by molar-refractivity contribution is 7.99. The van der Waals surface area contributed by atoms with Crippen LogP contribution in [0, 0.1) is 6.92 Å². The lowest BCUT2D eigenvalue weighted by Gasteiger charge is -2.24. The number of halogens is 2. The smallest absolute Gasteiger partial charge is 0.254 e. The van der Waals surface area contributed by atoms with Crippen molar-refractivity contribution in [3.63, 3.8) is 0 Å². The number of anilines is 1. The highest BCUT2D eigenvalue weighted by Gasteiger charge is 2.34. The summed E-state index contributed by atoms with van der Waals surface area (Å²) in [5, 5.41) is 12.9. The third kappa shape index (κ3) is 5.34. The topological polar surface area (TPSA) is 80.1 Å². The lowest BCUT2D eigenvalue weighted by Crippen LogP contribution is -2.31. The van der Waals surface area contributed by atoms with E-state index in [2.05, 4.69) is 15.5 Å². The highest BCUT2D eigenvalue weighted by atomic mass is 35.5. The monoisotopic (exact) mass is 503 g/mol. The number of nitrogens with one attached hydrogen (secondary N) is 1. The van der Waals surface area contributed by atoms with Gasteiger partial charge in [0.2, 0.25) is 5.91 Å². The second kappa shape index (κ2) is 10.2. The zero-order valence-electron chi connectivity index (χ0n) is 18.2. The van der Waals surface area contributed by atoms with Gasteiger partial charge in [-0.1, -0.05) is 52.7 Å². The first-order chi connectivity index (χ1) is 15.8. The van der Waals surface area contributed by atoms with Crippen molar-refractivity contribution in [3.8, 4) is 0 Å². The molecule has 1 unspecified atom stereocenters. The minimum Gasteiger partial charge on any atom is -0.328 e. The van der Waals surface area contributed by atoms with E-state index >= 15 is 0 Å². The van der Waals surface area contributed by atoms with E-state index in [4.69, 9.17) is 23.2 Å². The normalized spacial score (nSPS) is 15.6. The van der Waals surface area contributed by atoms with Crippen LogP contribution in [0.25, 0.3) is 0 Å². The molecule has 10 heteroatoms. The van der Waals surface area contributed by atoms with Gasteiger partial charge in [0.15, 0.2) is 11.0 Å². The number of aromatic nitrogens is 3. The lowest BCUT2D eigenvalue weighted by atomic mass is 10.1. The summed E-state index contributed by atoms with van der Waals surface area (Å²) in [5.74, 6) is 0.637. The first kappa shape index (κ1) is 23.6. The van der Waals surface area contributed by atoms with Crippen molar-refractivity contribution in [3.05, 3.63) is 69.5 Å². The molecule has 1 aliphatic rings. The summed E-state index contributed by atoms with van der Waals surface area (Å²) < 4.78 is 1.86. The molecule has 1 aliphatic heterocycles. The number of amides is 2. The van der Waals surface area contributed by atoms with E-state index in [1.807, 2.05) is 47.7 Å². The Hall–Kier alpha value is -2.55. The van der Waals surface area contributed by atoms with Crippen molar-refractivity contribution < 1.29 is 9.59 Å². The van der Waals surface area contributed by atoms with Crippen LogP contribution in [-0.2, 0) is 11.8 Å². The van der Waals surface area contributed by atoms with Gasteiger partial charge < -0.3 is 14.8 Å². The summed E-state index contributed by atoms with van der Waals surface area (Å²) in [4.78, 5) is 27.3. The Morgan fingerprint density at radius 1 is 1.15 bits per heavy atom. The molecule has 33 heavy (non-hydrogen) atoms. The lowest BCUT2D eigenvalue weighted by molar-refractivity contribution is -0.113. The summed E-state index contributed by atoms with van der Waals surface area (Å²) >= 11 is 13.3. The zero-order chi connectivity index (χ0) is 23.5. The van der Waals surface area contributed by atoms with E-state index in [-0.39, 0.29) is 23.6 Å². The average Bonchev–Trinajstić information content (AvgIpc) is 3.41. The number of likely N-dealkylation sites (tertiary alicyclic amines) is 1. The number of rotatable bonds is 6. The fourth-order valence-electron chi connectivity index (χ4n) is 3.79. The van der Waals surface area contributed by atoms with Crippen LogP contribution in [-0.4, -0.2) is 43.8 Å². The number of benzene rings is 2. The van der Waals surface area contributed by atoms with Crippen LogP contribution < -0.4 is 5.32 Å². The first-order valence-corrected chi connectivity index (χ1v) is 12.2. The molecule has 1 atom stereocenters. The molecule has 3 aromatic rings. The van der Waals surface area contributed by atoms with Crippen LogP contribution in [0.1, 0.15) is 40.6 Å². The van der Waals surface area contributed by atoms with Gasteiger partial charge in [-0.2, -0.15) is 0 Å². The van der Waals surface area contributed by atoms with Crippen molar-refractivity contribution in [2.45, 2.75) is 31.0 Å². The summed E-state index contributed by atoms with van der Waals surface area (Å²) in [6.07, 6.45) is 1.73. The van der Waals surface area contributed by atoms with Gasteiger partial charge in [0, 0.05) is 24.2 Å². The summed E-state index contributed by atoms with van der Waals surface area (Å²) in [6.45, 7) is 2.67. The zero-order valence-corrected chi connectivity index (χ0v) is 20.5. The van der Waals surface area contributed by atoms with Gasteiger partial charge in [-0.3, -0.25) is 9.59 Å². The molecule has 2 heterocycles. The number of nitrogens with zero attached hydrogens (tertiary/aromatic N) is 4. The van der Waals surface area contributed by atoms with Gasteiger partial charge in [0.05, 0.1) is 22.5 Å². The molecule has 1 N–H and O–H groups in total. The van der Waals surface area contributed by atoms with E-state index in [9.17, 15) is 9.59 Å². The standard InChI is InChI=1S/C23H23Cl2N5O2S/c1-14-5-7-15(8-6-14)22(32)30-11-3-4-19(30)21-27-28-23(29(21)2)33-13-20(31)26-18-10-9-16(24)12-17(18)25/h5-10,12,19H,3-4,11,13H2,1-2H3,(H,26,31). The number of thioether (sulfide) groups is 1. The van der Waals surface area contributed by atoms with Crippen LogP contribution in [0.15, 0.2) is 47.6 Å². The van der Waals surface area contributed by atoms with Gasteiger partial charge in [-0.15, -0.1) is 10.2 Å². The number of hydrogen-bond donors (Lipinski definition) is 1. The minimum absolute atomic E-state index is 0.00563. The van der Waals surface area contributed by atoms with E-state index in [0.717, 1.165) is 24.2 Å². The Bertz CT molecular complexity index is 1180. The Kier molecular flexibility index (Phi) is 7.26. The first-order valence-electron chi connectivity index (χ1n) is 10.5. The van der Waals surface area contributed by atoms with Gasteiger partial charge in [0.25, 0.3) is 5.91 Å². The van der Waals surface area contributed by atoms with Crippen LogP contribution in [0.2, 0.25) is 10.0 Å². The Labute approximate surface area is 206 Å². The molecule has 7 nitrogen and oxygen atoms in total. The van der Waals surface area contributed by atoms with Gasteiger partial charge >= 0.3 is 0 Å². The quantitative estimate of drug-likeness (QED) is 0.471. The number of hydrogen-bond acceptors (Lipinski definition) is 5. The molecule has 2 amide bonds. The van der Waals surface area contributed by atoms with Gasteiger partial charge in [-0.05, 0) is 50.1 Å². The maximum absolute atomic E-state index is 13.1. The molecule has 0 spiro atoms. The summed E-state index contributed by atoms with van der Waals surface area (Å²) in [5.41, 5.74) is 2.28. The van der Waals surface area contributed by atoms with E-state index in [0.29, 0.717) is 33.0 Å². The van der Waals surface area contributed by atoms with Crippen molar-refractivity contribution in [2.75, 3.05) is 17.6 Å². The molecule has 0 aliphatic carbocycles. The predicted octanol–water partition coefficient (Wildman–Crippen LogP) is 5.14. The molecular formula is C23H23Cl2N5O2S. The predicted molar refractivity (Wildman–Crippen MR) is 131 cm³/mol.